The first-order chi connectivity index (χ1) is 19.2. The summed E-state index contributed by atoms with van der Waals surface area (Å²) in [6, 6.07) is 18.5. The zero-order chi connectivity index (χ0) is 29.1. The number of anilines is 2. The lowest BCUT2D eigenvalue weighted by Crippen LogP contribution is -2.16. The van der Waals surface area contributed by atoms with Gasteiger partial charge in [0.25, 0.3) is 0 Å². The summed E-state index contributed by atoms with van der Waals surface area (Å²) in [5.74, 6) is -0.836. The van der Waals surface area contributed by atoms with Crippen molar-refractivity contribution in [3.8, 4) is 0 Å². The molecule has 0 spiro atoms. The molecule has 0 unspecified atom stereocenters. The molecule has 3 aromatic rings. The van der Waals surface area contributed by atoms with Crippen LogP contribution in [0.1, 0.15) is 40.9 Å². The Labute approximate surface area is 248 Å². The lowest BCUT2D eigenvalue weighted by atomic mass is 9.99. The van der Waals surface area contributed by atoms with Crippen molar-refractivity contribution in [3.05, 3.63) is 92.4 Å². The number of carbonyl (C=O) groups is 2. The number of ether oxygens (including phenoxy) is 2. The van der Waals surface area contributed by atoms with E-state index in [9.17, 15) is 14.2 Å². The van der Waals surface area contributed by atoms with E-state index in [1.165, 1.54) is 0 Å². The van der Waals surface area contributed by atoms with Crippen LogP contribution in [0.5, 0.6) is 0 Å². The molecule has 0 aliphatic heterocycles. The summed E-state index contributed by atoms with van der Waals surface area (Å²) < 4.78 is 34.1. The molecule has 3 rings (SSSR count). The van der Waals surface area contributed by atoms with E-state index in [0.29, 0.717) is 26.3 Å². The van der Waals surface area contributed by atoms with Crippen molar-refractivity contribution in [2.75, 3.05) is 37.9 Å². The first-order valence-electron chi connectivity index (χ1n) is 12.7. The van der Waals surface area contributed by atoms with E-state index in [4.69, 9.17) is 30.1 Å². The molecule has 8 nitrogen and oxygen atoms in total. The molecule has 11 heteroatoms. The third-order valence-electron chi connectivity index (χ3n) is 5.68. The summed E-state index contributed by atoms with van der Waals surface area (Å²) in [6.45, 7) is 5.95. The number of benzene rings is 3. The average molecular weight is 653 g/mol. The van der Waals surface area contributed by atoms with Gasteiger partial charge in [-0.2, -0.15) is 0 Å². The Morgan fingerprint density at radius 1 is 0.975 bits per heavy atom. The number of hydrogen-bond donors (Lipinski definition) is 1. The molecular weight excluding hydrogens is 621 g/mol. The lowest BCUT2D eigenvalue weighted by Gasteiger charge is -2.16. The van der Waals surface area contributed by atoms with Crippen LogP contribution < -0.4 is 5.32 Å². The molecule has 0 aliphatic carbocycles. The largest absolute Gasteiger partial charge is 0.463 e. The maximum atomic E-state index is 13.2. The van der Waals surface area contributed by atoms with Gasteiger partial charge < -0.3 is 23.8 Å². The Kier molecular flexibility index (Phi) is 12.4. The fraction of sp³-hybridized carbons (Fsp3) is 0.310. The number of aryl methyl sites for hydroxylation is 1. The minimum absolute atomic E-state index is 0.00832. The summed E-state index contributed by atoms with van der Waals surface area (Å²) in [7, 11) is -3.51. The molecule has 0 radical (unpaired) electrons. The number of hydrogen-bond acceptors (Lipinski definition) is 8. The zero-order valence-electron chi connectivity index (χ0n) is 22.6. The Morgan fingerprint density at radius 3 is 2.33 bits per heavy atom. The van der Waals surface area contributed by atoms with Crippen molar-refractivity contribution in [3.63, 3.8) is 0 Å². The molecular formula is C29H32BrClNO7P. The van der Waals surface area contributed by atoms with Crippen molar-refractivity contribution in [2.45, 2.75) is 27.4 Å². The maximum absolute atomic E-state index is 13.2. The van der Waals surface area contributed by atoms with Crippen LogP contribution in [-0.4, -0.2) is 44.3 Å². The van der Waals surface area contributed by atoms with E-state index in [1.807, 2.05) is 49.4 Å². The first-order valence-corrected chi connectivity index (χ1v) is 15.6. The van der Waals surface area contributed by atoms with E-state index in [0.717, 1.165) is 16.8 Å². The summed E-state index contributed by atoms with van der Waals surface area (Å²) in [5.41, 5.74) is 4.20. The van der Waals surface area contributed by atoms with Crippen molar-refractivity contribution in [1.82, 2.24) is 0 Å². The number of halogens is 2. The van der Waals surface area contributed by atoms with Crippen LogP contribution in [0.4, 0.5) is 11.4 Å². The molecule has 214 valence electrons. The molecule has 0 bridgehead atoms. The molecule has 0 amide bonds. The van der Waals surface area contributed by atoms with E-state index < -0.39 is 19.7 Å². The van der Waals surface area contributed by atoms with Crippen LogP contribution in [0.2, 0.25) is 5.02 Å². The second kappa shape index (κ2) is 15.5. The Balaban J connectivity index is 1.59. The van der Waals surface area contributed by atoms with Gasteiger partial charge in [0.15, 0.2) is 5.78 Å². The highest BCUT2D eigenvalue weighted by Crippen LogP contribution is 2.47. The third-order valence-corrected chi connectivity index (χ3v) is 8.55. The molecule has 0 saturated carbocycles. The Bertz CT molecular complexity index is 1350. The molecule has 40 heavy (non-hydrogen) atoms. The van der Waals surface area contributed by atoms with Crippen molar-refractivity contribution >= 4 is 58.3 Å². The third kappa shape index (κ3) is 8.99. The van der Waals surface area contributed by atoms with Gasteiger partial charge in [0.05, 0.1) is 37.0 Å². The standard InChI is InChI=1S/C29H32BrClNO7P/c1-4-38-40(35,39-5-2)19-27(33)37-15-14-36-18-21-11-7-9-13-26(21)32-22-16-24(30)28(25(31)17-22)29(34)23-12-8-6-10-20(23)3/h6-13,16-17,32H,4-5,14-15,18-19H2,1-3H3. The highest BCUT2D eigenvalue weighted by atomic mass is 79.9. The van der Waals surface area contributed by atoms with E-state index in [1.54, 1.807) is 32.0 Å². The summed E-state index contributed by atoms with van der Waals surface area (Å²) in [5, 5.41) is 3.65. The molecule has 0 atom stereocenters. The van der Waals surface area contributed by atoms with Gasteiger partial charge >= 0.3 is 13.6 Å². The van der Waals surface area contributed by atoms with E-state index in [-0.39, 0.29) is 38.8 Å². The number of carbonyl (C=O) groups excluding carboxylic acids is 2. The molecule has 0 heterocycles. The van der Waals surface area contributed by atoms with Crippen molar-refractivity contribution in [2.24, 2.45) is 0 Å². The van der Waals surface area contributed by atoms with Gasteiger partial charge in [-0.1, -0.05) is 54.1 Å². The van der Waals surface area contributed by atoms with Gasteiger partial charge in [-0.05, 0) is 60.5 Å². The van der Waals surface area contributed by atoms with Crippen LogP contribution in [0.25, 0.3) is 0 Å². The number of para-hydroxylation sites is 1. The summed E-state index contributed by atoms with van der Waals surface area (Å²) in [4.78, 5) is 25.2. The number of ketones is 1. The lowest BCUT2D eigenvalue weighted by molar-refractivity contribution is -0.142. The molecule has 0 aromatic heterocycles. The smallest absolute Gasteiger partial charge is 0.341 e. The van der Waals surface area contributed by atoms with Crippen LogP contribution >= 0.6 is 35.1 Å². The fourth-order valence-corrected chi connectivity index (χ4v) is 6.38. The van der Waals surface area contributed by atoms with Crippen LogP contribution in [0.15, 0.2) is 65.1 Å². The predicted octanol–water partition coefficient (Wildman–Crippen LogP) is 7.71. The Morgan fingerprint density at radius 2 is 1.65 bits per heavy atom. The SMILES string of the molecule is CCOP(=O)(CC(=O)OCCOCc1ccccc1Nc1cc(Cl)c(C(=O)c2ccccc2C)c(Br)c1)OCC. The van der Waals surface area contributed by atoms with Gasteiger partial charge in [-0.3, -0.25) is 14.2 Å². The quantitative estimate of drug-likeness (QED) is 0.0771. The molecule has 0 fully saturated rings. The number of esters is 1. The van der Waals surface area contributed by atoms with Crippen LogP contribution in [0.3, 0.4) is 0 Å². The molecule has 3 aromatic carbocycles. The van der Waals surface area contributed by atoms with Crippen molar-refractivity contribution < 1.29 is 32.7 Å². The molecule has 0 aliphatic rings. The van der Waals surface area contributed by atoms with E-state index >= 15 is 0 Å². The second-order valence-electron chi connectivity index (χ2n) is 8.62. The zero-order valence-corrected chi connectivity index (χ0v) is 25.8. The fourth-order valence-electron chi connectivity index (χ4n) is 3.87. The Hall–Kier alpha value is -2.52. The minimum atomic E-state index is -3.51. The van der Waals surface area contributed by atoms with Gasteiger partial charge in [0.2, 0.25) is 0 Å². The summed E-state index contributed by atoms with van der Waals surface area (Å²) >= 11 is 10.1. The average Bonchev–Trinajstić information content (AvgIpc) is 2.89. The number of nitrogens with one attached hydrogen (secondary N) is 1. The molecule has 1 N–H and O–H groups in total. The van der Waals surface area contributed by atoms with Crippen LogP contribution in [-0.2, 0) is 34.5 Å². The second-order valence-corrected chi connectivity index (χ2v) is 11.9. The minimum Gasteiger partial charge on any atom is -0.463 e. The molecule has 0 saturated heterocycles. The summed E-state index contributed by atoms with van der Waals surface area (Å²) in [6.07, 6.45) is -0.450. The van der Waals surface area contributed by atoms with Crippen molar-refractivity contribution in [1.29, 1.82) is 0 Å². The topological polar surface area (TPSA) is 100 Å². The van der Waals surface area contributed by atoms with Gasteiger partial charge in [0.1, 0.15) is 12.8 Å². The normalized spacial score (nSPS) is 11.3. The van der Waals surface area contributed by atoms with Gasteiger partial charge in [0, 0.05) is 27.0 Å². The predicted molar refractivity (Wildman–Crippen MR) is 160 cm³/mol. The van der Waals surface area contributed by atoms with Gasteiger partial charge in [-0.15, -0.1) is 0 Å². The first kappa shape index (κ1) is 32.0. The van der Waals surface area contributed by atoms with E-state index in [2.05, 4.69) is 21.2 Å². The number of rotatable bonds is 15. The van der Waals surface area contributed by atoms with Crippen LogP contribution in [0, 0.1) is 6.92 Å². The highest BCUT2D eigenvalue weighted by molar-refractivity contribution is 9.10. The maximum Gasteiger partial charge on any atom is 0.341 e. The highest BCUT2D eigenvalue weighted by Gasteiger charge is 2.28. The van der Waals surface area contributed by atoms with Gasteiger partial charge in [-0.25, -0.2) is 0 Å². The monoisotopic (exact) mass is 651 g/mol.